The van der Waals surface area contributed by atoms with Crippen molar-refractivity contribution in [1.82, 2.24) is 9.97 Å². The Morgan fingerprint density at radius 2 is 1.67 bits per heavy atom. The fourth-order valence-electron chi connectivity index (χ4n) is 3.73. The molecule has 0 spiro atoms. The number of hydrogen-bond donors (Lipinski definition) is 4. The Hall–Kier alpha value is -3.18. The van der Waals surface area contributed by atoms with E-state index in [0.29, 0.717) is 5.56 Å². The van der Waals surface area contributed by atoms with Gasteiger partial charge in [-0.05, 0) is 35.7 Å². The van der Waals surface area contributed by atoms with Gasteiger partial charge < -0.3 is 25.2 Å². The molecule has 0 aliphatic heterocycles. The van der Waals surface area contributed by atoms with Crippen molar-refractivity contribution in [3.63, 3.8) is 0 Å². The van der Waals surface area contributed by atoms with Gasteiger partial charge in [-0.3, -0.25) is 4.52 Å². The van der Waals surface area contributed by atoms with Crippen LogP contribution in [0.4, 0.5) is 13.2 Å². The van der Waals surface area contributed by atoms with Crippen molar-refractivity contribution < 1.29 is 36.8 Å². The molecule has 0 radical (unpaired) electrons. The quantitative estimate of drug-likeness (QED) is 0.171. The van der Waals surface area contributed by atoms with Crippen LogP contribution in [-0.4, -0.2) is 26.4 Å². The zero-order valence-corrected chi connectivity index (χ0v) is 22.1. The van der Waals surface area contributed by atoms with E-state index in [0.717, 1.165) is 17.2 Å². The summed E-state index contributed by atoms with van der Waals surface area (Å²) in [6.07, 6.45) is -3.55. The fourth-order valence-corrected chi connectivity index (χ4v) is 4.44. The number of rotatable bonds is 9. The van der Waals surface area contributed by atoms with Crippen LogP contribution in [0.15, 0.2) is 72.9 Å². The molecule has 8 nitrogen and oxygen atoms in total. The van der Waals surface area contributed by atoms with E-state index in [-0.39, 0.29) is 28.7 Å². The maximum atomic E-state index is 14.0. The highest BCUT2D eigenvalue weighted by atomic mass is 35.5. The Bertz CT molecular complexity index is 1490. The van der Waals surface area contributed by atoms with Crippen LogP contribution in [0.25, 0.3) is 22.4 Å². The van der Waals surface area contributed by atoms with E-state index in [9.17, 15) is 17.7 Å². The minimum atomic E-state index is -4.80. The van der Waals surface area contributed by atoms with Gasteiger partial charge in [0.15, 0.2) is 5.75 Å². The number of hydrogen-bond acceptors (Lipinski definition) is 5. The van der Waals surface area contributed by atoms with Gasteiger partial charge in [0.05, 0.1) is 34.6 Å². The first-order chi connectivity index (χ1) is 18.2. The van der Waals surface area contributed by atoms with Crippen LogP contribution in [0.5, 0.6) is 5.75 Å². The molecule has 0 fully saturated rings. The summed E-state index contributed by atoms with van der Waals surface area (Å²) in [5, 5.41) is -0.266. The van der Waals surface area contributed by atoms with Crippen LogP contribution in [0.2, 0.25) is 5.02 Å². The van der Waals surface area contributed by atoms with Gasteiger partial charge in [-0.15, -0.1) is 0 Å². The lowest BCUT2D eigenvalue weighted by molar-refractivity contribution is -0.139. The van der Waals surface area contributed by atoms with Crippen molar-refractivity contribution in [3.05, 3.63) is 94.9 Å². The second-order valence-electron chi connectivity index (χ2n) is 9.01. The molecule has 3 aromatic carbocycles. The van der Waals surface area contributed by atoms with Gasteiger partial charge in [0, 0.05) is 5.56 Å². The summed E-state index contributed by atoms with van der Waals surface area (Å²) in [6.45, 7) is 0.650. The number of aromatic amines is 1. The maximum absolute atomic E-state index is 14.0. The van der Waals surface area contributed by atoms with Crippen molar-refractivity contribution in [3.8, 4) is 28.1 Å². The van der Waals surface area contributed by atoms with Gasteiger partial charge in [-0.2, -0.15) is 13.2 Å². The van der Waals surface area contributed by atoms with Gasteiger partial charge in [0.25, 0.3) is 0 Å². The number of nitrogens with zero attached hydrogens (tertiary/aromatic N) is 1. The van der Waals surface area contributed by atoms with Crippen molar-refractivity contribution in [2.24, 2.45) is 5.73 Å². The molecule has 0 unspecified atom stereocenters. The third kappa shape index (κ3) is 7.27. The predicted molar refractivity (Wildman–Crippen MR) is 140 cm³/mol. The number of nitrogens with two attached hydrogens (primary N) is 1. The molecule has 1 atom stereocenters. The third-order valence-electron chi connectivity index (χ3n) is 5.75. The highest BCUT2D eigenvalue weighted by molar-refractivity contribution is 7.46. The average Bonchev–Trinajstić information content (AvgIpc) is 3.38. The Balaban J connectivity index is 1.56. The predicted octanol–water partition coefficient (Wildman–Crippen LogP) is 6.28. The van der Waals surface area contributed by atoms with Crippen LogP contribution in [0.1, 0.15) is 23.9 Å². The summed E-state index contributed by atoms with van der Waals surface area (Å²) in [7, 11) is -4.80. The number of ether oxygens (including phenoxy) is 1. The minimum Gasteiger partial charge on any atom is -0.487 e. The summed E-state index contributed by atoms with van der Waals surface area (Å²) in [5.74, 6) is -0.478. The number of alkyl halides is 3. The van der Waals surface area contributed by atoms with E-state index in [2.05, 4.69) is 14.5 Å². The molecule has 5 N–H and O–H groups in total. The lowest BCUT2D eigenvalue weighted by atomic mass is 10.0. The summed E-state index contributed by atoms with van der Waals surface area (Å²) >= 11 is 6.27. The van der Waals surface area contributed by atoms with Gasteiger partial charge in [0.1, 0.15) is 12.4 Å². The second-order valence-corrected chi connectivity index (χ2v) is 10.7. The largest absolute Gasteiger partial charge is 0.487 e. The highest BCUT2D eigenvalue weighted by Crippen LogP contribution is 2.43. The van der Waals surface area contributed by atoms with Crippen molar-refractivity contribution in [2.45, 2.75) is 25.2 Å². The van der Waals surface area contributed by atoms with Crippen LogP contribution in [0, 0.1) is 0 Å². The number of H-pyrrole nitrogens is 1. The Morgan fingerprint density at radius 1 is 1.03 bits per heavy atom. The van der Waals surface area contributed by atoms with E-state index >= 15 is 0 Å². The van der Waals surface area contributed by atoms with Crippen LogP contribution < -0.4 is 10.5 Å². The summed E-state index contributed by atoms with van der Waals surface area (Å²) in [4.78, 5) is 24.7. The molecule has 13 heteroatoms. The number of aromatic nitrogens is 2. The Labute approximate surface area is 226 Å². The lowest BCUT2D eigenvalue weighted by Crippen LogP contribution is -2.39. The number of phosphoric ester groups is 1. The monoisotopic (exact) mass is 581 g/mol. The zero-order valence-electron chi connectivity index (χ0n) is 20.4. The molecule has 4 aromatic rings. The molecule has 4 rings (SSSR count). The number of phosphoric acid groups is 1. The topological polar surface area (TPSA) is 131 Å². The number of halogens is 4. The maximum Gasteiger partial charge on any atom is 0.469 e. The summed E-state index contributed by atoms with van der Waals surface area (Å²) < 4.78 is 63.1. The second kappa shape index (κ2) is 11.1. The Morgan fingerprint density at radius 3 is 2.28 bits per heavy atom. The molecule has 0 aliphatic carbocycles. The van der Waals surface area contributed by atoms with E-state index in [1.54, 1.807) is 12.1 Å². The molecule has 39 heavy (non-hydrogen) atoms. The average molecular weight is 582 g/mol. The summed E-state index contributed by atoms with van der Waals surface area (Å²) in [6, 6.07) is 19.1. The van der Waals surface area contributed by atoms with Crippen LogP contribution in [-0.2, 0) is 27.4 Å². The van der Waals surface area contributed by atoms with Gasteiger partial charge in [-0.25, -0.2) is 9.55 Å². The first kappa shape index (κ1) is 28.8. The van der Waals surface area contributed by atoms with Gasteiger partial charge >= 0.3 is 14.0 Å². The molecular weight excluding hydrogens is 558 g/mol. The highest BCUT2D eigenvalue weighted by Gasteiger charge is 2.37. The Kier molecular flexibility index (Phi) is 8.22. The molecule has 0 saturated heterocycles. The normalized spacial score (nSPS) is 13.7. The fraction of sp³-hybridized carbons (Fsp3) is 0.192. The van der Waals surface area contributed by atoms with Crippen molar-refractivity contribution in [1.29, 1.82) is 0 Å². The smallest absolute Gasteiger partial charge is 0.469 e. The zero-order chi connectivity index (χ0) is 28.4. The molecule has 206 valence electrons. The first-order valence-electron chi connectivity index (χ1n) is 11.5. The molecule has 0 aliphatic rings. The van der Waals surface area contributed by atoms with E-state index in [1.807, 2.05) is 42.5 Å². The summed E-state index contributed by atoms with van der Waals surface area (Å²) in [5.41, 5.74) is 6.30. The third-order valence-corrected chi connectivity index (χ3v) is 6.50. The molecular formula is C26H24ClF3N3O5P. The molecule has 0 bridgehead atoms. The number of benzene rings is 3. The van der Waals surface area contributed by atoms with Crippen molar-refractivity contribution in [2.75, 3.05) is 6.61 Å². The molecule has 1 aromatic heterocycles. The lowest BCUT2D eigenvalue weighted by Gasteiger charge is -2.22. The molecule has 0 saturated carbocycles. The van der Waals surface area contributed by atoms with E-state index in [4.69, 9.17) is 31.9 Å². The van der Waals surface area contributed by atoms with E-state index in [1.165, 1.54) is 19.2 Å². The van der Waals surface area contributed by atoms with E-state index < -0.39 is 37.5 Å². The molecule has 1 heterocycles. The first-order valence-corrected chi connectivity index (χ1v) is 13.4. The molecule has 0 amide bonds. The standard InChI is InChI=1S/C26H24ClF3N3O5P/c1-25(31,15-38-39(34,35)36)24-32-13-22(33-24)19-11-20(26(28,29)30)23(21(27)12-19)37-14-16-7-9-18(10-8-16)17-5-3-2-4-6-17/h2-13H,14-15,31H2,1H3,(H,32,33)(H2,34,35,36)/t25-/m0/s1. The van der Waals surface area contributed by atoms with Crippen LogP contribution in [0.3, 0.4) is 0 Å². The number of nitrogens with one attached hydrogen (secondary N) is 1. The van der Waals surface area contributed by atoms with Gasteiger partial charge in [-0.1, -0.05) is 66.2 Å². The number of imidazole rings is 1. The minimum absolute atomic E-state index is 0.0370. The van der Waals surface area contributed by atoms with Crippen molar-refractivity contribution >= 4 is 19.4 Å². The SMILES string of the molecule is C[C@](N)(COP(=O)(O)O)c1ncc(-c2cc(Cl)c(OCc3ccc(-c4ccccc4)cc3)c(C(F)(F)F)c2)[nH]1. The van der Waals surface area contributed by atoms with Gasteiger partial charge in [0.2, 0.25) is 0 Å². The van der Waals surface area contributed by atoms with Crippen LogP contribution >= 0.6 is 19.4 Å².